The summed E-state index contributed by atoms with van der Waals surface area (Å²) in [6, 6.07) is 13.0. The van der Waals surface area contributed by atoms with Gasteiger partial charge in [-0.15, -0.1) is 0 Å². The summed E-state index contributed by atoms with van der Waals surface area (Å²) in [5.74, 6) is 0. The molecule has 0 radical (unpaired) electrons. The van der Waals surface area contributed by atoms with Gasteiger partial charge in [0.1, 0.15) is 5.60 Å². The Morgan fingerprint density at radius 3 is 1.45 bits per heavy atom. The standard InChI is InChI=1S/C27H37N3O6S2/c1-21-7-11-24(12-8-21)37(32,33)29-17-15-28(26(31)36-27(4,5)6)16-18-30(20-23(3)19-29)38(34,35)25-13-9-22(2)10-14-25/h7-14H,3,15-20H2,1-2,4-6H3. The predicted molar refractivity (Wildman–Crippen MR) is 147 cm³/mol. The number of carbonyl (C=O) groups is 1. The predicted octanol–water partition coefficient (Wildman–Crippen LogP) is 3.79. The maximum absolute atomic E-state index is 13.6. The third-order valence-electron chi connectivity index (χ3n) is 6.01. The van der Waals surface area contributed by atoms with Gasteiger partial charge in [-0.2, -0.15) is 8.61 Å². The molecule has 208 valence electrons. The zero-order chi connectivity index (χ0) is 28.3. The molecule has 3 rings (SSSR count). The van der Waals surface area contributed by atoms with Gasteiger partial charge in [0.05, 0.1) is 9.79 Å². The van der Waals surface area contributed by atoms with Crippen molar-refractivity contribution in [2.24, 2.45) is 0 Å². The van der Waals surface area contributed by atoms with E-state index in [1.165, 1.54) is 37.8 Å². The van der Waals surface area contributed by atoms with E-state index in [-0.39, 0.29) is 49.1 Å². The van der Waals surface area contributed by atoms with Crippen molar-refractivity contribution in [3.05, 3.63) is 71.8 Å². The molecule has 1 aliphatic rings. The van der Waals surface area contributed by atoms with Crippen LogP contribution in [0, 0.1) is 13.8 Å². The van der Waals surface area contributed by atoms with Crippen molar-refractivity contribution in [1.82, 2.24) is 13.5 Å². The van der Waals surface area contributed by atoms with Gasteiger partial charge < -0.3 is 9.64 Å². The summed E-state index contributed by atoms with van der Waals surface area (Å²) in [6.07, 6.45) is -0.641. The quantitative estimate of drug-likeness (QED) is 0.525. The van der Waals surface area contributed by atoms with Gasteiger partial charge in [-0.1, -0.05) is 42.0 Å². The highest BCUT2D eigenvalue weighted by molar-refractivity contribution is 7.89. The molecule has 1 fully saturated rings. The normalized spacial score (nSPS) is 17.3. The topological polar surface area (TPSA) is 104 Å². The molecular weight excluding hydrogens is 526 g/mol. The summed E-state index contributed by atoms with van der Waals surface area (Å²) in [5, 5.41) is 0. The van der Waals surface area contributed by atoms with Crippen molar-refractivity contribution >= 4 is 26.1 Å². The molecule has 2 aromatic carbocycles. The fourth-order valence-corrected chi connectivity index (χ4v) is 6.83. The van der Waals surface area contributed by atoms with Crippen LogP contribution in [0.25, 0.3) is 0 Å². The lowest BCUT2D eigenvalue weighted by Gasteiger charge is -2.34. The summed E-state index contributed by atoms with van der Waals surface area (Å²) >= 11 is 0. The van der Waals surface area contributed by atoms with Gasteiger partial charge in [0.15, 0.2) is 0 Å². The van der Waals surface area contributed by atoms with Gasteiger partial charge in [0.25, 0.3) is 0 Å². The minimum absolute atomic E-state index is 0.000809. The Bertz CT molecular complexity index is 1270. The summed E-state index contributed by atoms with van der Waals surface area (Å²) in [6.45, 7) is 12.8. The molecule has 0 N–H and O–H groups in total. The Labute approximate surface area is 226 Å². The monoisotopic (exact) mass is 563 g/mol. The number of benzene rings is 2. The first-order valence-electron chi connectivity index (χ1n) is 12.4. The third-order valence-corrected chi connectivity index (χ3v) is 9.73. The zero-order valence-electron chi connectivity index (χ0n) is 22.7. The van der Waals surface area contributed by atoms with Gasteiger partial charge in [-0.25, -0.2) is 21.6 Å². The van der Waals surface area contributed by atoms with Crippen LogP contribution in [0.5, 0.6) is 0 Å². The largest absolute Gasteiger partial charge is 0.444 e. The Morgan fingerprint density at radius 1 is 0.737 bits per heavy atom. The molecule has 0 aromatic heterocycles. The number of aryl methyl sites for hydroxylation is 2. The average molecular weight is 564 g/mol. The van der Waals surface area contributed by atoms with Gasteiger partial charge in [0.2, 0.25) is 20.0 Å². The van der Waals surface area contributed by atoms with Crippen molar-refractivity contribution in [2.75, 3.05) is 39.3 Å². The van der Waals surface area contributed by atoms with E-state index in [0.717, 1.165) is 11.1 Å². The maximum atomic E-state index is 13.6. The molecule has 11 heteroatoms. The van der Waals surface area contributed by atoms with E-state index in [1.807, 2.05) is 13.8 Å². The van der Waals surface area contributed by atoms with E-state index in [2.05, 4.69) is 6.58 Å². The highest BCUT2D eigenvalue weighted by atomic mass is 32.2. The van der Waals surface area contributed by atoms with Gasteiger partial charge in [-0.05, 0) is 64.5 Å². The number of rotatable bonds is 4. The highest BCUT2D eigenvalue weighted by Crippen LogP contribution is 2.22. The Kier molecular flexibility index (Phi) is 9.08. The molecule has 0 unspecified atom stereocenters. The molecule has 9 nitrogen and oxygen atoms in total. The van der Waals surface area contributed by atoms with Gasteiger partial charge >= 0.3 is 6.09 Å². The van der Waals surface area contributed by atoms with E-state index in [9.17, 15) is 21.6 Å². The summed E-state index contributed by atoms with van der Waals surface area (Å²) in [5.41, 5.74) is 1.48. The van der Waals surface area contributed by atoms with Gasteiger partial charge in [-0.3, -0.25) is 0 Å². The van der Waals surface area contributed by atoms with Crippen LogP contribution in [0.3, 0.4) is 0 Å². The molecule has 0 bridgehead atoms. The third kappa shape index (κ3) is 7.43. The summed E-state index contributed by atoms with van der Waals surface area (Å²) < 4.78 is 62.3. The van der Waals surface area contributed by atoms with Crippen LogP contribution in [-0.4, -0.2) is 81.3 Å². The minimum Gasteiger partial charge on any atom is -0.444 e. The van der Waals surface area contributed by atoms with Crippen LogP contribution in [-0.2, 0) is 24.8 Å². The Hall–Kier alpha value is -2.73. The van der Waals surface area contributed by atoms with E-state index in [0.29, 0.717) is 5.57 Å². The first-order valence-corrected chi connectivity index (χ1v) is 15.3. The van der Waals surface area contributed by atoms with Crippen LogP contribution in [0.2, 0.25) is 0 Å². The Morgan fingerprint density at radius 2 is 1.11 bits per heavy atom. The molecule has 1 aliphatic heterocycles. The van der Waals surface area contributed by atoms with Crippen molar-refractivity contribution < 1.29 is 26.4 Å². The molecule has 0 spiro atoms. The maximum Gasteiger partial charge on any atom is 0.410 e. The van der Waals surface area contributed by atoms with Crippen LogP contribution < -0.4 is 0 Å². The van der Waals surface area contributed by atoms with E-state index in [4.69, 9.17) is 4.74 Å². The number of amides is 1. The molecule has 38 heavy (non-hydrogen) atoms. The first kappa shape index (κ1) is 29.8. The van der Waals surface area contributed by atoms with Gasteiger partial charge in [0, 0.05) is 39.3 Å². The highest BCUT2D eigenvalue weighted by Gasteiger charge is 2.32. The second kappa shape index (κ2) is 11.6. The van der Waals surface area contributed by atoms with Crippen molar-refractivity contribution in [2.45, 2.75) is 50.0 Å². The average Bonchev–Trinajstić information content (AvgIpc) is 2.81. The fourth-order valence-electron chi connectivity index (χ4n) is 3.92. The van der Waals surface area contributed by atoms with Crippen molar-refractivity contribution in [3.8, 4) is 0 Å². The smallest absolute Gasteiger partial charge is 0.410 e. The zero-order valence-corrected chi connectivity index (χ0v) is 24.3. The second-order valence-corrected chi connectivity index (χ2v) is 14.4. The number of ether oxygens (including phenoxy) is 1. The van der Waals surface area contributed by atoms with Crippen LogP contribution in [0.1, 0.15) is 31.9 Å². The number of carbonyl (C=O) groups excluding carboxylic acids is 1. The molecule has 2 aromatic rings. The van der Waals surface area contributed by atoms with Crippen molar-refractivity contribution in [1.29, 1.82) is 0 Å². The lowest BCUT2D eigenvalue weighted by Crippen LogP contribution is -2.49. The second-order valence-electron chi connectivity index (χ2n) is 10.5. The fraction of sp³-hybridized carbons (Fsp3) is 0.444. The van der Waals surface area contributed by atoms with E-state index >= 15 is 0 Å². The molecule has 1 amide bonds. The van der Waals surface area contributed by atoms with E-state index < -0.39 is 31.7 Å². The van der Waals surface area contributed by atoms with Crippen LogP contribution in [0.4, 0.5) is 4.79 Å². The molecule has 1 saturated heterocycles. The molecule has 0 atom stereocenters. The first-order chi connectivity index (χ1) is 17.6. The number of sulfonamides is 2. The van der Waals surface area contributed by atoms with Crippen LogP contribution in [0.15, 0.2) is 70.5 Å². The van der Waals surface area contributed by atoms with Crippen molar-refractivity contribution in [3.63, 3.8) is 0 Å². The minimum atomic E-state index is -3.95. The SMILES string of the molecule is C=C1CN(S(=O)(=O)c2ccc(C)cc2)CCN(C(=O)OC(C)(C)C)CCN(S(=O)(=O)c2ccc(C)cc2)C1. The molecule has 0 saturated carbocycles. The lowest BCUT2D eigenvalue weighted by molar-refractivity contribution is 0.0234. The molecule has 0 aliphatic carbocycles. The number of hydrogen-bond donors (Lipinski definition) is 0. The number of nitrogens with zero attached hydrogens (tertiary/aromatic N) is 3. The lowest BCUT2D eigenvalue weighted by atomic mass is 10.2. The van der Waals surface area contributed by atoms with E-state index in [1.54, 1.807) is 45.0 Å². The Balaban J connectivity index is 1.98. The van der Waals surface area contributed by atoms with Crippen LogP contribution >= 0.6 is 0 Å². The summed E-state index contributed by atoms with van der Waals surface area (Å²) in [7, 11) is -7.90. The molecular formula is C27H37N3O6S2. The molecule has 1 heterocycles. The number of hydrogen-bond acceptors (Lipinski definition) is 6. The summed E-state index contributed by atoms with van der Waals surface area (Å²) in [4.78, 5) is 14.6.